The van der Waals surface area contributed by atoms with Crippen LogP contribution in [0.5, 0.6) is 0 Å². The average Bonchev–Trinajstić information content (AvgIpc) is 3.23. The molecular formula is C19H20N4O. The largest absolute Gasteiger partial charge is 0.340 e. The molecule has 3 aromatic rings. The van der Waals surface area contributed by atoms with Gasteiger partial charge in [0.05, 0.1) is 17.1 Å². The first-order valence-electron chi connectivity index (χ1n) is 8.30. The van der Waals surface area contributed by atoms with Gasteiger partial charge >= 0.3 is 6.03 Å². The van der Waals surface area contributed by atoms with Gasteiger partial charge in [0.1, 0.15) is 5.82 Å². The number of aryl methyl sites for hydroxylation is 1. The van der Waals surface area contributed by atoms with Gasteiger partial charge in [0, 0.05) is 12.2 Å². The van der Waals surface area contributed by atoms with E-state index in [0.717, 1.165) is 41.9 Å². The van der Waals surface area contributed by atoms with Crippen molar-refractivity contribution < 1.29 is 4.79 Å². The second-order valence-corrected chi connectivity index (χ2v) is 6.29. The van der Waals surface area contributed by atoms with Gasteiger partial charge in [-0.3, -0.25) is 0 Å². The van der Waals surface area contributed by atoms with Gasteiger partial charge in [-0.15, -0.1) is 0 Å². The molecule has 1 fully saturated rings. The van der Waals surface area contributed by atoms with E-state index in [1.807, 2.05) is 60.4 Å². The maximum Gasteiger partial charge on any atom is 0.322 e. The third-order valence-electron chi connectivity index (χ3n) is 4.54. The number of hydrogen-bond acceptors (Lipinski definition) is 2. The van der Waals surface area contributed by atoms with Crippen molar-refractivity contribution in [3.8, 4) is 0 Å². The monoisotopic (exact) mass is 320 g/mol. The number of imidazole rings is 1. The second-order valence-electron chi connectivity index (χ2n) is 6.29. The van der Waals surface area contributed by atoms with E-state index in [-0.39, 0.29) is 12.1 Å². The molecule has 0 bridgehead atoms. The molecule has 1 aliphatic heterocycles. The van der Waals surface area contributed by atoms with Crippen LogP contribution in [0.15, 0.2) is 48.5 Å². The standard InChI is InChI=1S/C19H20N4O/c1-13-8-10-14(11-9-13)20-19(24)23-12-4-7-17(23)18-21-15-5-2-3-6-16(15)22-18/h2-3,5-6,8-11,17H,4,7,12H2,1H3,(H,20,24)(H,21,22)/t17-/m1/s1. The van der Waals surface area contributed by atoms with Crippen LogP contribution in [0.25, 0.3) is 11.0 Å². The Bertz CT molecular complexity index is 835. The summed E-state index contributed by atoms with van der Waals surface area (Å²) in [6.07, 6.45) is 1.92. The van der Waals surface area contributed by atoms with Crippen LogP contribution in [-0.2, 0) is 0 Å². The lowest BCUT2D eigenvalue weighted by Crippen LogP contribution is -2.34. The summed E-state index contributed by atoms with van der Waals surface area (Å²) in [6.45, 7) is 2.78. The average molecular weight is 320 g/mol. The fourth-order valence-electron chi connectivity index (χ4n) is 3.26. The van der Waals surface area contributed by atoms with Crippen LogP contribution in [0.4, 0.5) is 10.5 Å². The van der Waals surface area contributed by atoms with Gasteiger partial charge in [-0.2, -0.15) is 0 Å². The first-order chi connectivity index (χ1) is 11.7. The summed E-state index contributed by atoms with van der Waals surface area (Å²) in [5, 5.41) is 2.99. The normalized spacial score (nSPS) is 17.4. The smallest absolute Gasteiger partial charge is 0.322 e. The number of urea groups is 1. The predicted molar refractivity (Wildman–Crippen MR) is 95.0 cm³/mol. The molecule has 2 heterocycles. The third kappa shape index (κ3) is 2.73. The van der Waals surface area contributed by atoms with Crippen LogP contribution < -0.4 is 5.32 Å². The Balaban J connectivity index is 1.55. The summed E-state index contributed by atoms with van der Waals surface area (Å²) in [7, 11) is 0. The fourth-order valence-corrected chi connectivity index (χ4v) is 3.26. The molecular weight excluding hydrogens is 300 g/mol. The van der Waals surface area contributed by atoms with Crippen molar-refractivity contribution in [2.75, 3.05) is 11.9 Å². The van der Waals surface area contributed by atoms with Gasteiger partial charge in [-0.25, -0.2) is 9.78 Å². The zero-order valence-corrected chi connectivity index (χ0v) is 13.6. The summed E-state index contributed by atoms with van der Waals surface area (Å²) in [6, 6.07) is 15.7. The van der Waals surface area contributed by atoms with Gasteiger partial charge in [-0.05, 0) is 44.0 Å². The van der Waals surface area contributed by atoms with E-state index < -0.39 is 0 Å². The van der Waals surface area contributed by atoms with Crippen LogP contribution in [0.1, 0.15) is 30.3 Å². The van der Waals surface area contributed by atoms with E-state index in [9.17, 15) is 4.79 Å². The van der Waals surface area contributed by atoms with Crippen molar-refractivity contribution in [3.05, 3.63) is 59.9 Å². The molecule has 0 unspecified atom stereocenters. The van der Waals surface area contributed by atoms with Crippen LogP contribution in [0.2, 0.25) is 0 Å². The number of amides is 2. The molecule has 122 valence electrons. The lowest BCUT2D eigenvalue weighted by molar-refractivity contribution is 0.205. The first kappa shape index (κ1) is 14.8. The minimum atomic E-state index is -0.0678. The SMILES string of the molecule is Cc1ccc(NC(=O)N2CCC[C@@H]2c2nc3ccccc3[nH]2)cc1. The van der Waals surface area contributed by atoms with E-state index >= 15 is 0 Å². The number of aromatic amines is 1. The Morgan fingerprint density at radius 3 is 2.79 bits per heavy atom. The fraction of sp³-hybridized carbons (Fsp3) is 0.263. The third-order valence-corrected chi connectivity index (χ3v) is 4.54. The molecule has 0 spiro atoms. The van der Waals surface area contributed by atoms with Crippen molar-refractivity contribution in [3.63, 3.8) is 0 Å². The van der Waals surface area contributed by atoms with Crippen molar-refractivity contribution in [1.82, 2.24) is 14.9 Å². The molecule has 5 heteroatoms. The topological polar surface area (TPSA) is 61.0 Å². The maximum absolute atomic E-state index is 12.7. The number of hydrogen-bond donors (Lipinski definition) is 2. The Morgan fingerprint density at radius 2 is 2.00 bits per heavy atom. The number of para-hydroxylation sites is 2. The van der Waals surface area contributed by atoms with Crippen LogP contribution in [0.3, 0.4) is 0 Å². The lowest BCUT2D eigenvalue weighted by Gasteiger charge is -2.23. The Kier molecular flexibility index (Phi) is 3.69. The molecule has 1 saturated heterocycles. The lowest BCUT2D eigenvalue weighted by atomic mass is 10.2. The minimum Gasteiger partial charge on any atom is -0.340 e. The Morgan fingerprint density at radius 1 is 1.21 bits per heavy atom. The number of anilines is 1. The number of benzene rings is 2. The van der Waals surface area contributed by atoms with E-state index in [1.165, 1.54) is 5.56 Å². The number of fused-ring (bicyclic) bond motifs is 1. The first-order valence-corrected chi connectivity index (χ1v) is 8.30. The number of aromatic nitrogens is 2. The molecule has 0 radical (unpaired) electrons. The van der Waals surface area contributed by atoms with Gasteiger partial charge < -0.3 is 15.2 Å². The van der Waals surface area contributed by atoms with E-state index in [1.54, 1.807) is 0 Å². The maximum atomic E-state index is 12.7. The number of carbonyl (C=O) groups excluding carboxylic acids is 1. The van der Waals surface area contributed by atoms with Crippen LogP contribution in [0, 0.1) is 6.92 Å². The molecule has 5 nitrogen and oxygen atoms in total. The number of H-pyrrole nitrogens is 1. The summed E-state index contributed by atoms with van der Waals surface area (Å²) >= 11 is 0. The van der Waals surface area contributed by atoms with Gasteiger partial charge in [0.25, 0.3) is 0 Å². The van der Waals surface area contributed by atoms with E-state index in [4.69, 9.17) is 0 Å². The molecule has 2 aromatic carbocycles. The molecule has 1 atom stereocenters. The van der Waals surface area contributed by atoms with E-state index in [2.05, 4.69) is 15.3 Å². The van der Waals surface area contributed by atoms with Crippen molar-refractivity contribution in [2.24, 2.45) is 0 Å². The van der Waals surface area contributed by atoms with Crippen LogP contribution >= 0.6 is 0 Å². The number of carbonyl (C=O) groups is 1. The highest BCUT2D eigenvalue weighted by Gasteiger charge is 2.32. The quantitative estimate of drug-likeness (QED) is 0.742. The molecule has 4 rings (SSSR count). The molecule has 1 aromatic heterocycles. The molecule has 24 heavy (non-hydrogen) atoms. The molecule has 2 N–H and O–H groups in total. The summed E-state index contributed by atoms with van der Waals surface area (Å²) in [4.78, 5) is 22.6. The zero-order chi connectivity index (χ0) is 16.5. The van der Waals surface area contributed by atoms with Gasteiger partial charge in [-0.1, -0.05) is 29.8 Å². The van der Waals surface area contributed by atoms with Gasteiger partial charge in [0.2, 0.25) is 0 Å². The van der Waals surface area contributed by atoms with Crippen molar-refractivity contribution in [2.45, 2.75) is 25.8 Å². The second kappa shape index (κ2) is 6.00. The van der Waals surface area contributed by atoms with Gasteiger partial charge in [0.15, 0.2) is 0 Å². The number of rotatable bonds is 2. The Labute approximate surface area is 140 Å². The van der Waals surface area contributed by atoms with Crippen molar-refractivity contribution in [1.29, 1.82) is 0 Å². The van der Waals surface area contributed by atoms with Crippen molar-refractivity contribution >= 4 is 22.8 Å². The predicted octanol–water partition coefficient (Wildman–Crippen LogP) is 4.24. The number of nitrogens with one attached hydrogen (secondary N) is 2. The zero-order valence-electron chi connectivity index (χ0n) is 13.6. The highest BCUT2D eigenvalue weighted by atomic mass is 16.2. The highest BCUT2D eigenvalue weighted by molar-refractivity contribution is 5.89. The van der Waals surface area contributed by atoms with Crippen LogP contribution in [-0.4, -0.2) is 27.4 Å². The summed E-state index contributed by atoms with van der Waals surface area (Å²) in [5.74, 6) is 0.868. The molecule has 2 amide bonds. The molecule has 0 aliphatic carbocycles. The molecule has 1 aliphatic rings. The number of likely N-dealkylation sites (tertiary alicyclic amines) is 1. The summed E-state index contributed by atoms with van der Waals surface area (Å²) in [5.41, 5.74) is 3.95. The highest BCUT2D eigenvalue weighted by Crippen LogP contribution is 2.31. The number of nitrogens with zero attached hydrogens (tertiary/aromatic N) is 2. The van der Waals surface area contributed by atoms with E-state index in [0.29, 0.717) is 0 Å². The minimum absolute atomic E-state index is 0.00264. The Hall–Kier alpha value is -2.82. The molecule has 0 saturated carbocycles. The summed E-state index contributed by atoms with van der Waals surface area (Å²) < 4.78 is 0.